The monoisotopic (exact) mass is 408 g/mol. The lowest BCUT2D eigenvalue weighted by molar-refractivity contribution is -0.120. The van der Waals surface area contributed by atoms with E-state index < -0.39 is 0 Å². The number of rotatable bonds is 6. The minimum atomic E-state index is -0.299. The lowest BCUT2D eigenvalue weighted by Gasteiger charge is -2.31. The average molecular weight is 408 g/mol. The zero-order chi connectivity index (χ0) is 20.9. The van der Waals surface area contributed by atoms with Crippen molar-refractivity contribution in [2.24, 2.45) is 0 Å². The summed E-state index contributed by atoms with van der Waals surface area (Å²) in [7, 11) is 0. The Kier molecular flexibility index (Phi) is 6.09. The highest BCUT2D eigenvalue weighted by Crippen LogP contribution is 2.24. The number of hydrogen-bond acceptors (Lipinski definition) is 4. The van der Waals surface area contributed by atoms with Crippen LogP contribution >= 0.6 is 0 Å². The Hall–Kier alpha value is -3.19. The first-order valence-electron chi connectivity index (χ1n) is 10.2. The van der Waals surface area contributed by atoms with Gasteiger partial charge in [0, 0.05) is 32.0 Å². The Morgan fingerprint density at radius 2 is 1.87 bits per heavy atom. The van der Waals surface area contributed by atoms with E-state index in [1.165, 1.54) is 6.07 Å². The molecule has 1 aliphatic rings. The molecule has 1 amide bonds. The molecule has 3 aromatic rings. The van der Waals surface area contributed by atoms with E-state index in [9.17, 15) is 14.3 Å². The number of carbonyl (C=O) groups is 1. The van der Waals surface area contributed by atoms with E-state index in [1.54, 1.807) is 16.9 Å². The highest BCUT2D eigenvalue weighted by atomic mass is 19.1. The van der Waals surface area contributed by atoms with Gasteiger partial charge >= 0.3 is 0 Å². The Bertz CT molecular complexity index is 981. The van der Waals surface area contributed by atoms with Gasteiger partial charge in [0.15, 0.2) is 0 Å². The molecular weight excluding hydrogens is 383 g/mol. The Balaban J connectivity index is 1.30. The first-order chi connectivity index (χ1) is 14.6. The Morgan fingerprint density at radius 1 is 1.13 bits per heavy atom. The summed E-state index contributed by atoms with van der Waals surface area (Å²) < 4.78 is 16.3. The van der Waals surface area contributed by atoms with Crippen molar-refractivity contribution in [3.63, 3.8) is 0 Å². The second-order valence-electron chi connectivity index (χ2n) is 7.57. The fourth-order valence-corrected chi connectivity index (χ4v) is 3.66. The number of aliphatic hydroxyl groups is 1. The van der Waals surface area contributed by atoms with Crippen molar-refractivity contribution in [3.05, 3.63) is 77.9 Å². The van der Waals surface area contributed by atoms with Crippen LogP contribution in [0.1, 0.15) is 24.0 Å². The molecule has 0 radical (unpaired) electrons. The van der Waals surface area contributed by atoms with Crippen LogP contribution in [-0.4, -0.2) is 40.0 Å². The van der Waals surface area contributed by atoms with Crippen molar-refractivity contribution < 1.29 is 14.3 Å². The van der Waals surface area contributed by atoms with E-state index in [0.29, 0.717) is 31.6 Å². The largest absolute Gasteiger partial charge is 0.393 e. The molecule has 1 saturated heterocycles. The number of aromatic nitrogens is 2. The van der Waals surface area contributed by atoms with Crippen molar-refractivity contribution in [3.8, 4) is 5.69 Å². The lowest BCUT2D eigenvalue weighted by Crippen LogP contribution is -2.36. The number of nitrogens with zero attached hydrogens (tertiary/aromatic N) is 3. The van der Waals surface area contributed by atoms with E-state index in [-0.39, 0.29) is 30.8 Å². The summed E-state index contributed by atoms with van der Waals surface area (Å²) in [4.78, 5) is 14.2. The van der Waals surface area contributed by atoms with Crippen LogP contribution in [0.4, 0.5) is 10.1 Å². The van der Waals surface area contributed by atoms with E-state index in [0.717, 1.165) is 16.8 Å². The molecule has 0 bridgehead atoms. The molecule has 1 fully saturated rings. The number of aliphatic hydroxyl groups excluding tert-OH is 1. The molecule has 30 heavy (non-hydrogen) atoms. The van der Waals surface area contributed by atoms with E-state index in [1.807, 2.05) is 47.5 Å². The van der Waals surface area contributed by atoms with Crippen LogP contribution in [0.3, 0.4) is 0 Å². The summed E-state index contributed by atoms with van der Waals surface area (Å²) in [6.45, 7) is 1.57. The highest BCUT2D eigenvalue weighted by molar-refractivity contribution is 5.78. The van der Waals surface area contributed by atoms with E-state index >= 15 is 0 Å². The Morgan fingerprint density at radius 3 is 2.53 bits per heavy atom. The summed E-state index contributed by atoms with van der Waals surface area (Å²) in [5.74, 6) is -0.413. The maximum atomic E-state index is 14.5. The quantitative estimate of drug-likeness (QED) is 0.658. The van der Waals surface area contributed by atoms with Crippen LogP contribution in [0, 0.1) is 5.82 Å². The molecule has 0 atom stereocenters. The molecule has 4 rings (SSSR count). The van der Waals surface area contributed by atoms with Gasteiger partial charge in [0.2, 0.25) is 5.91 Å². The molecule has 0 aliphatic carbocycles. The SMILES string of the molecule is O=C(Cc1ccc(-n2cccn2)cc1)NCc1ccc(N2CCC(O)CC2)c(F)c1. The van der Waals surface area contributed by atoms with Crippen molar-refractivity contribution in [1.82, 2.24) is 15.1 Å². The van der Waals surface area contributed by atoms with Crippen molar-refractivity contribution in [2.45, 2.75) is 31.9 Å². The molecule has 0 saturated carbocycles. The van der Waals surface area contributed by atoms with Crippen molar-refractivity contribution >= 4 is 11.6 Å². The molecule has 2 aromatic carbocycles. The minimum Gasteiger partial charge on any atom is -0.393 e. The third-order valence-corrected chi connectivity index (χ3v) is 5.38. The fourth-order valence-electron chi connectivity index (χ4n) is 3.66. The normalized spacial score (nSPS) is 14.7. The van der Waals surface area contributed by atoms with Crippen LogP contribution in [0.5, 0.6) is 0 Å². The van der Waals surface area contributed by atoms with Gasteiger partial charge in [-0.3, -0.25) is 4.79 Å². The molecule has 2 heterocycles. The van der Waals surface area contributed by atoms with Crippen LogP contribution in [-0.2, 0) is 17.8 Å². The molecule has 0 spiro atoms. The van der Waals surface area contributed by atoms with Crippen molar-refractivity contribution in [1.29, 1.82) is 0 Å². The van der Waals surface area contributed by atoms with Gasteiger partial charge in [-0.25, -0.2) is 9.07 Å². The summed E-state index contributed by atoms with van der Waals surface area (Å²) in [5, 5.41) is 16.6. The molecule has 6 nitrogen and oxygen atoms in total. The molecular formula is C23H25FN4O2. The lowest BCUT2D eigenvalue weighted by atomic mass is 10.1. The predicted octanol–water partition coefficient (Wildman–Crippen LogP) is 2.83. The van der Waals surface area contributed by atoms with Crippen molar-refractivity contribution in [2.75, 3.05) is 18.0 Å². The molecule has 1 aliphatic heterocycles. The van der Waals surface area contributed by atoms with Gasteiger partial charge in [-0.1, -0.05) is 18.2 Å². The molecule has 2 N–H and O–H groups in total. The number of halogens is 1. The van der Waals surface area contributed by atoms with Crippen LogP contribution in [0.15, 0.2) is 60.9 Å². The second-order valence-corrected chi connectivity index (χ2v) is 7.57. The summed E-state index contributed by atoms with van der Waals surface area (Å²) in [5.41, 5.74) is 3.10. The highest BCUT2D eigenvalue weighted by Gasteiger charge is 2.19. The van der Waals surface area contributed by atoms with Gasteiger partial charge in [0.25, 0.3) is 0 Å². The van der Waals surface area contributed by atoms with Gasteiger partial charge in [-0.05, 0) is 54.3 Å². The molecule has 0 unspecified atom stereocenters. The van der Waals surface area contributed by atoms with E-state index in [4.69, 9.17) is 0 Å². The second kappa shape index (κ2) is 9.09. The van der Waals surface area contributed by atoms with Gasteiger partial charge in [-0.2, -0.15) is 5.10 Å². The third kappa shape index (κ3) is 4.86. The number of benzene rings is 2. The van der Waals surface area contributed by atoms with Gasteiger partial charge in [0.1, 0.15) is 5.82 Å². The number of hydrogen-bond donors (Lipinski definition) is 2. The van der Waals surface area contributed by atoms with E-state index in [2.05, 4.69) is 10.4 Å². The van der Waals surface area contributed by atoms with Gasteiger partial charge in [0.05, 0.1) is 23.9 Å². The summed E-state index contributed by atoms with van der Waals surface area (Å²) in [6, 6.07) is 14.6. The molecule has 156 valence electrons. The van der Waals surface area contributed by atoms with Crippen LogP contribution in [0.25, 0.3) is 5.69 Å². The van der Waals surface area contributed by atoms with Gasteiger partial charge < -0.3 is 15.3 Å². The summed E-state index contributed by atoms with van der Waals surface area (Å²) in [6.07, 6.45) is 4.85. The maximum absolute atomic E-state index is 14.5. The average Bonchev–Trinajstić information content (AvgIpc) is 3.29. The Labute approximate surface area is 174 Å². The van der Waals surface area contributed by atoms with Crippen LogP contribution < -0.4 is 10.2 Å². The predicted molar refractivity (Wildman–Crippen MR) is 113 cm³/mol. The first-order valence-corrected chi connectivity index (χ1v) is 10.2. The third-order valence-electron chi connectivity index (χ3n) is 5.38. The maximum Gasteiger partial charge on any atom is 0.224 e. The first kappa shape index (κ1) is 20.1. The zero-order valence-electron chi connectivity index (χ0n) is 16.7. The smallest absolute Gasteiger partial charge is 0.224 e. The number of nitrogens with one attached hydrogen (secondary N) is 1. The number of carbonyl (C=O) groups excluding carboxylic acids is 1. The molecule has 7 heteroatoms. The molecule has 1 aromatic heterocycles. The number of anilines is 1. The summed E-state index contributed by atoms with van der Waals surface area (Å²) >= 11 is 0. The zero-order valence-corrected chi connectivity index (χ0v) is 16.7. The van der Waals surface area contributed by atoms with Gasteiger partial charge in [-0.15, -0.1) is 0 Å². The number of piperidine rings is 1. The minimum absolute atomic E-state index is 0.114. The van der Waals surface area contributed by atoms with Crippen LogP contribution in [0.2, 0.25) is 0 Å². The topological polar surface area (TPSA) is 70.4 Å². The number of amides is 1. The standard InChI is InChI=1S/C23H25FN4O2/c24-21-14-18(4-7-22(21)27-12-8-20(29)9-13-27)16-25-23(30)15-17-2-5-19(6-3-17)28-11-1-10-26-28/h1-7,10-11,14,20,29H,8-9,12-13,15-16H2,(H,25,30). The fraction of sp³-hybridized carbons (Fsp3) is 0.304.